The fourth-order valence-electron chi connectivity index (χ4n) is 3.28. The summed E-state index contributed by atoms with van der Waals surface area (Å²) in [6.45, 7) is 4.04. The lowest BCUT2D eigenvalue weighted by Gasteiger charge is -2.08. The monoisotopic (exact) mass is 506 g/mol. The van der Waals surface area contributed by atoms with E-state index in [0.29, 0.717) is 32.9 Å². The summed E-state index contributed by atoms with van der Waals surface area (Å²) in [5, 5.41) is 5.14. The summed E-state index contributed by atoms with van der Waals surface area (Å²) in [7, 11) is 0. The molecule has 0 atom stereocenters. The summed E-state index contributed by atoms with van der Waals surface area (Å²) < 4.78 is 12.0. The molecular formula is C27H23ClN2O4S. The smallest absolute Gasteiger partial charge is 0.355 e. The number of nitrogens with zero attached hydrogens (tertiary/aromatic N) is 1. The summed E-state index contributed by atoms with van der Waals surface area (Å²) in [6, 6.07) is 22.0. The number of carbonyl (C=O) groups excluding carboxylic acids is 2. The highest BCUT2D eigenvalue weighted by Gasteiger charge is 2.19. The van der Waals surface area contributed by atoms with Crippen molar-refractivity contribution in [2.75, 3.05) is 6.61 Å². The van der Waals surface area contributed by atoms with E-state index >= 15 is 0 Å². The quantitative estimate of drug-likeness (QED) is 0.129. The highest BCUT2D eigenvalue weighted by molar-refractivity contribution is 7.21. The van der Waals surface area contributed by atoms with Gasteiger partial charge in [-0.3, -0.25) is 4.79 Å². The second kappa shape index (κ2) is 11.2. The second-order valence-electron chi connectivity index (χ2n) is 7.97. The molecule has 8 heteroatoms. The van der Waals surface area contributed by atoms with Crippen molar-refractivity contribution in [3.63, 3.8) is 0 Å². The number of amides is 1. The van der Waals surface area contributed by atoms with Gasteiger partial charge in [0.2, 0.25) is 0 Å². The highest BCUT2D eigenvalue weighted by atomic mass is 35.5. The molecule has 1 aromatic heterocycles. The third kappa shape index (κ3) is 6.07. The van der Waals surface area contributed by atoms with Crippen molar-refractivity contribution in [1.29, 1.82) is 0 Å². The summed E-state index contributed by atoms with van der Waals surface area (Å²) in [6.07, 6.45) is 1.41. The Morgan fingerprint density at radius 1 is 1.03 bits per heavy atom. The van der Waals surface area contributed by atoms with Gasteiger partial charge in [0, 0.05) is 15.6 Å². The first-order chi connectivity index (χ1) is 16.9. The Bertz CT molecular complexity index is 1380. The normalized spacial score (nSPS) is 11.2. The van der Waals surface area contributed by atoms with Gasteiger partial charge < -0.3 is 9.47 Å². The molecular weight excluding hydrogens is 484 g/mol. The molecule has 0 aliphatic heterocycles. The van der Waals surface area contributed by atoms with Gasteiger partial charge in [0.25, 0.3) is 5.91 Å². The Morgan fingerprint density at radius 2 is 1.74 bits per heavy atom. The predicted molar refractivity (Wildman–Crippen MR) is 140 cm³/mol. The van der Waals surface area contributed by atoms with Gasteiger partial charge >= 0.3 is 5.97 Å². The van der Waals surface area contributed by atoms with Crippen LogP contribution in [0.25, 0.3) is 10.1 Å². The number of halogens is 1. The minimum Gasteiger partial charge on any atom is -0.484 e. The zero-order chi connectivity index (χ0) is 24.8. The van der Waals surface area contributed by atoms with Crippen molar-refractivity contribution in [3.8, 4) is 11.5 Å². The minimum atomic E-state index is -0.557. The molecule has 0 fully saturated rings. The maximum Gasteiger partial charge on any atom is 0.355 e. The summed E-state index contributed by atoms with van der Waals surface area (Å²) in [5.41, 5.74) is 4.13. The maximum absolute atomic E-state index is 12.8. The first-order valence-corrected chi connectivity index (χ1v) is 12.1. The summed E-state index contributed by atoms with van der Waals surface area (Å²) in [5.74, 6) is 0.348. The second-order valence-corrected chi connectivity index (χ2v) is 9.40. The van der Waals surface area contributed by atoms with Crippen molar-refractivity contribution < 1.29 is 19.1 Å². The number of para-hydroxylation sites is 1. The van der Waals surface area contributed by atoms with Gasteiger partial charge in [0.15, 0.2) is 6.61 Å². The largest absolute Gasteiger partial charge is 0.484 e. The van der Waals surface area contributed by atoms with Crippen LogP contribution in [0, 0.1) is 0 Å². The van der Waals surface area contributed by atoms with E-state index in [2.05, 4.69) is 24.4 Å². The van der Waals surface area contributed by atoms with E-state index < -0.39 is 11.9 Å². The molecule has 4 rings (SSSR count). The van der Waals surface area contributed by atoms with Gasteiger partial charge in [0.05, 0.1) is 11.2 Å². The van der Waals surface area contributed by atoms with Crippen LogP contribution in [0.2, 0.25) is 5.02 Å². The topological polar surface area (TPSA) is 77.0 Å². The van der Waals surface area contributed by atoms with Crippen molar-refractivity contribution >= 4 is 51.1 Å². The Balaban J connectivity index is 1.36. The van der Waals surface area contributed by atoms with Gasteiger partial charge in [0.1, 0.15) is 16.4 Å². The van der Waals surface area contributed by atoms with Crippen LogP contribution in [0.15, 0.2) is 77.9 Å². The number of hydrogen-bond acceptors (Lipinski definition) is 6. The lowest BCUT2D eigenvalue weighted by atomic mass is 10.0. The Labute approximate surface area is 212 Å². The summed E-state index contributed by atoms with van der Waals surface area (Å²) >= 11 is 7.67. The molecule has 178 valence electrons. The molecule has 0 aliphatic carbocycles. The number of carbonyl (C=O) groups is 2. The van der Waals surface area contributed by atoms with Crippen LogP contribution in [0.1, 0.15) is 40.6 Å². The van der Waals surface area contributed by atoms with Crippen molar-refractivity contribution in [2.45, 2.75) is 19.8 Å². The number of rotatable bonds is 8. The third-order valence-electron chi connectivity index (χ3n) is 5.15. The Morgan fingerprint density at radius 3 is 2.49 bits per heavy atom. The molecule has 6 nitrogen and oxygen atoms in total. The van der Waals surface area contributed by atoms with Crippen molar-refractivity contribution in [3.05, 3.63) is 93.8 Å². The summed E-state index contributed by atoms with van der Waals surface area (Å²) in [4.78, 5) is 25.2. The first-order valence-electron chi connectivity index (χ1n) is 11.0. The molecule has 0 bridgehead atoms. The van der Waals surface area contributed by atoms with Gasteiger partial charge in [-0.1, -0.05) is 67.9 Å². The van der Waals surface area contributed by atoms with Crippen LogP contribution in [0.3, 0.4) is 0 Å². The Hall–Kier alpha value is -3.68. The van der Waals surface area contributed by atoms with Crippen LogP contribution < -0.4 is 14.9 Å². The molecule has 0 radical (unpaired) electrons. The van der Waals surface area contributed by atoms with Crippen LogP contribution in [0.5, 0.6) is 11.5 Å². The Kier molecular flexibility index (Phi) is 7.80. The average molecular weight is 507 g/mol. The zero-order valence-electron chi connectivity index (χ0n) is 19.2. The number of fused-ring (bicyclic) bond motifs is 1. The molecule has 0 saturated heterocycles. The number of hydrazone groups is 1. The molecule has 0 spiro atoms. The molecule has 0 aliphatic rings. The van der Waals surface area contributed by atoms with E-state index in [1.54, 1.807) is 24.3 Å². The first kappa shape index (κ1) is 24.4. The molecule has 0 saturated carbocycles. The standard InChI is InChI=1S/C27H23ClN2O4S/c1-17(2)18-11-13-20(14-12-18)33-16-24(31)30-29-15-19-7-3-5-9-22(19)34-27(32)26-25(28)21-8-4-6-10-23(21)35-26/h3-15,17H,16H2,1-2H3,(H,30,31)/b29-15+. The number of benzene rings is 3. The molecule has 1 N–H and O–H groups in total. The van der Waals surface area contributed by atoms with E-state index in [1.807, 2.05) is 48.5 Å². The average Bonchev–Trinajstić information content (AvgIpc) is 3.20. The fourth-order valence-corrected chi connectivity index (χ4v) is 4.66. The van der Waals surface area contributed by atoms with E-state index in [0.717, 1.165) is 10.1 Å². The van der Waals surface area contributed by atoms with Crippen LogP contribution in [-0.2, 0) is 4.79 Å². The number of thiophene rings is 1. The molecule has 3 aromatic carbocycles. The fraction of sp³-hybridized carbons (Fsp3) is 0.148. The molecule has 1 heterocycles. The predicted octanol–water partition coefficient (Wildman–Crippen LogP) is 6.43. The van der Waals surface area contributed by atoms with Crippen molar-refractivity contribution in [2.24, 2.45) is 5.10 Å². The zero-order valence-corrected chi connectivity index (χ0v) is 20.7. The molecule has 35 heavy (non-hydrogen) atoms. The SMILES string of the molecule is CC(C)c1ccc(OCC(=O)N/N=C/c2ccccc2OC(=O)c2sc3ccccc3c2Cl)cc1. The van der Waals surface area contributed by atoms with Crippen LogP contribution in [0.4, 0.5) is 0 Å². The van der Waals surface area contributed by atoms with E-state index in [-0.39, 0.29) is 6.61 Å². The van der Waals surface area contributed by atoms with Crippen molar-refractivity contribution in [1.82, 2.24) is 5.43 Å². The minimum absolute atomic E-state index is 0.181. The van der Waals surface area contributed by atoms with Crippen LogP contribution >= 0.6 is 22.9 Å². The molecule has 1 amide bonds. The molecule has 0 unspecified atom stereocenters. The van der Waals surface area contributed by atoms with E-state index in [9.17, 15) is 9.59 Å². The number of hydrogen-bond donors (Lipinski definition) is 1. The van der Waals surface area contributed by atoms with E-state index in [1.165, 1.54) is 23.1 Å². The lowest BCUT2D eigenvalue weighted by Crippen LogP contribution is -2.24. The van der Waals surface area contributed by atoms with Gasteiger partial charge in [-0.05, 0) is 41.8 Å². The van der Waals surface area contributed by atoms with Gasteiger partial charge in [-0.25, -0.2) is 10.2 Å². The number of esters is 1. The van der Waals surface area contributed by atoms with E-state index in [4.69, 9.17) is 21.1 Å². The lowest BCUT2D eigenvalue weighted by molar-refractivity contribution is -0.123. The number of ether oxygens (including phenoxy) is 2. The van der Waals surface area contributed by atoms with Gasteiger partial charge in [-0.2, -0.15) is 5.10 Å². The van der Waals surface area contributed by atoms with Crippen LogP contribution in [-0.4, -0.2) is 24.7 Å². The number of nitrogens with one attached hydrogen (secondary N) is 1. The third-order valence-corrected chi connectivity index (χ3v) is 6.81. The molecule has 4 aromatic rings. The van der Waals surface area contributed by atoms with Gasteiger partial charge in [-0.15, -0.1) is 11.3 Å². The maximum atomic E-state index is 12.8. The highest BCUT2D eigenvalue weighted by Crippen LogP contribution is 2.36.